The molecule has 2 atom stereocenters. The first-order chi connectivity index (χ1) is 6.99. The molecule has 15 heavy (non-hydrogen) atoms. The van der Waals surface area contributed by atoms with Crippen LogP contribution >= 0.6 is 0 Å². The summed E-state index contributed by atoms with van der Waals surface area (Å²) in [5.41, 5.74) is 0. The van der Waals surface area contributed by atoms with Crippen LogP contribution in [0.5, 0.6) is 0 Å². The lowest BCUT2D eigenvalue weighted by atomic mass is 10.1. The summed E-state index contributed by atoms with van der Waals surface area (Å²) in [6, 6.07) is 0. The van der Waals surface area contributed by atoms with Crippen molar-refractivity contribution in [1.29, 1.82) is 0 Å². The minimum atomic E-state index is -3.46. The molecule has 0 saturated heterocycles. The van der Waals surface area contributed by atoms with E-state index in [0.29, 0.717) is 11.8 Å². The van der Waals surface area contributed by atoms with Gasteiger partial charge in [0.15, 0.2) is 0 Å². The maximum absolute atomic E-state index is 11.6. The van der Waals surface area contributed by atoms with Gasteiger partial charge in [0.1, 0.15) is 0 Å². The van der Waals surface area contributed by atoms with Gasteiger partial charge < -0.3 is 5.32 Å². The number of fused-ring (bicyclic) bond motifs is 1. The largest absolute Gasteiger partial charge is 0.355 e. The SMILES string of the molecule is NS(=O)(=O)CCNC(=O)C1C2CCCC21. The zero-order chi connectivity index (χ0) is 11.1. The summed E-state index contributed by atoms with van der Waals surface area (Å²) in [4.78, 5) is 11.6. The van der Waals surface area contributed by atoms with Crippen LogP contribution < -0.4 is 10.5 Å². The van der Waals surface area contributed by atoms with Crippen molar-refractivity contribution in [2.45, 2.75) is 19.3 Å². The van der Waals surface area contributed by atoms with Crippen LogP contribution in [0.4, 0.5) is 0 Å². The molecular weight excluding hydrogens is 216 g/mol. The van der Waals surface area contributed by atoms with Gasteiger partial charge in [-0.05, 0) is 24.7 Å². The van der Waals surface area contributed by atoms with Gasteiger partial charge in [0.2, 0.25) is 15.9 Å². The Morgan fingerprint density at radius 2 is 1.93 bits per heavy atom. The predicted octanol–water partition coefficient (Wildman–Crippen LogP) is -0.563. The van der Waals surface area contributed by atoms with Gasteiger partial charge in [0.05, 0.1) is 5.75 Å². The lowest BCUT2D eigenvalue weighted by Gasteiger charge is -2.05. The highest BCUT2D eigenvalue weighted by atomic mass is 32.2. The van der Waals surface area contributed by atoms with E-state index in [0.717, 1.165) is 12.8 Å². The maximum Gasteiger partial charge on any atom is 0.223 e. The van der Waals surface area contributed by atoms with Gasteiger partial charge >= 0.3 is 0 Å². The molecule has 2 fully saturated rings. The molecule has 0 radical (unpaired) electrons. The van der Waals surface area contributed by atoms with Gasteiger partial charge in [-0.2, -0.15) is 0 Å². The topological polar surface area (TPSA) is 89.3 Å². The van der Waals surface area contributed by atoms with Crippen molar-refractivity contribution in [3.8, 4) is 0 Å². The third-order valence-corrected chi connectivity index (χ3v) is 4.17. The number of rotatable bonds is 4. The Hall–Kier alpha value is -0.620. The molecule has 0 heterocycles. The Bertz CT molecular complexity index is 356. The number of carbonyl (C=O) groups is 1. The molecule has 0 aliphatic heterocycles. The van der Waals surface area contributed by atoms with E-state index in [1.54, 1.807) is 0 Å². The summed E-state index contributed by atoms with van der Waals surface area (Å²) in [5, 5.41) is 7.46. The fraction of sp³-hybridized carbons (Fsp3) is 0.889. The molecule has 2 rings (SSSR count). The van der Waals surface area contributed by atoms with Crippen molar-refractivity contribution in [2.24, 2.45) is 22.9 Å². The number of amides is 1. The maximum atomic E-state index is 11.6. The molecule has 6 heteroatoms. The molecule has 1 amide bonds. The second-order valence-electron chi connectivity index (χ2n) is 4.44. The molecule has 5 nitrogen and oxygen atoms in total. The molecule has 0 aromatic carbocycles. The first kappa shape index (κ1) is 10.9. The summed E-state index contributed by atoms with van der Waals surface area (Å²) in [7, 11) is -3.46. The van der Waals surface area contributed by atoms with Crippen molar-refractivity contribution in [1.82, 2.24) is 5.32 Å². The van der Waals surface area contributed by atoms with Gasteiger partial charge in [-0.3, -0.25) is 4.79 Å². The second-order valence-corrected chi connectivity index (χ2v) is 6.18. The number of carbonyl (C=O) groups excluding carboxylic acids is 1. The molecule has 86 valence electrons. The fourth-order valence-corrected chi connectivity index (χ4v) is 3.03. The van der Waals surface area contributed by atoms with Gasteiger partial charge in [0.25, 0.3) is 0 Å². The summed E-state index contributed by atoms with van der Waals surface area (Å²) < 4.78 is 21.2. The monoisotopic (exact) mass is 232 g/mol. The van der Waals surface area contributed by atoms with E-state index < -0.39 is 10.0 Å². The number of nitrogens with one attached hydrogen (secondary N) is 1. The Labute approximate surface area is 89.5 Å². The van der Waals surface area contributed by atoms with E-state index in [2.05, 4.69) is 5.32 Å². The predicted molar refractivity (Wildman–Crippen MR) is 55.3 cm³/mol. The Morgan fingerprint density at radius 1 is 1.33 bits per heavy atom. The van der Waals surface area contributed by atoms with Crippen molar-refractivity contribution in [2.75, 3.05) is 12.3 Å². The minimum Gasteiger partial charge on any atom is -0.355 e. The number of nitrogens with two attached hydrogens (primary N) is 1. The summed E-state index contributed by atoms with van der Waals surface area (Å²) in [6.45, 7) is 0.133. The average molecular weight is 232 g/mol. The number of primary sulfonamides is 1. The van der Waals surface area contributed by atoms with Gasteiger partial charge in [-0.25, -0.2) is 13.6 Å². The molecule has 0 spiro atoms. The van der Waals surface area contributed by atoms with Gasteiger partial charge in [0, 0.05) is 12.5 Å². The van der Waals surface area contributed by atoms with Gasteiger partial charge in [-0.15, -0.1) is 0 Å². The van der Waals surface area contributed by atoms with Crippen LogP contribution in [0.25, 0.3) is 0 Å². The molecule has 2 aliphatic rings. The average Bonchev–Trinajstić information content (AvgIpc) is 2.58. The molecule has 2 aliphatic carbocycles. The zero-order valence-electron chi connectivity index (χ0n) is 8.48. The molecular formula is C9H16N2O3S. The van der Waals surface area contributed by atoms with E-state index in [4.69, 9.17) is 5.14 Å². The van der Waals surface area contributed by atoms with E-state index in [1.165, 1.54) is 6.42 Å². The Morgan fingerprint density at radius 3 is 2.47 bits per heavy atom. The third-order valence-electron chi connectivity index (χ3n) is 3.40. The van der Waals surface area contributed by atoms with Crippen LogP contribution in [0.1, 0.15) is 19.3 Å². The first-order valence-electron chi connectivity index (χ1n) is 5.27. The Kier molecular flexibility index (Phi) is 2.72. The lowest BCUT2D eigenvalue weighted by molar-refractivity contribution is -0.122. The van der Waals surface area contributed by atoms with Crippen LogP contribution in [0.3, 0.4) is 0 Å². The van der Waals surface area contributed by atoms with Crippen molar-refractivity contribution in [3.05, 3.63) is 0 Å². The van der Waals surface area contributed by atoms with Gasteiger partial charge in [-0.1, -0.05) is 6.42 Å². The van der Waals surface area contributed by atoms with E-state index in [9.17, 15) is 13.2 Å². The molecule has 0 aromatic heterocycles. The first-order valence-corrected chi connectivity index (χ1v) is 6.99. The van der Waals surface area contributed by atoms with Crippen LogP contribution in [0.2, 0.25) is 0 Å². The highest BCUT2D eigenvalue weighted by molar-refractivity contribution is 7.89. The smallest absolute Gasteiger partial charge is 0.223 e. The summed E-state index contributed by atoms with van der Waals surface area (Å²) >= 11 is 0. The number of hydrogen-bond acceptors (Lipinski definition) is 3. The zero-order valence-corrected chi connectivity index (χ0v) is 9.29. The molecule has 0 bridgehead atoms. The molecule has 2 saturated carbocycles. The van der Waals surface area contributed by atoms with Crippen molar-refractivity contribution < 1.29 is 13.2 Å². The Balaban J connectivity index is 1.71. The highest BCUT2D eigenvalue weighted by Gasteiger charge is 2.56. The molecule has 3 N–H and O–H groups in total. The lowest BCUT2D eigenvalue weighted by Crippen LogP contribution is -2.33. The van der Waals surface area contributed by atoms with Crippen LogP contribution in [-0.4, -0.2) is 26.6 Å². The second kappa shape index (κ2) is 3.75. The van der Waals surface area contributed by atoms with E-state index in [-0.39, 0.29) is 24.1 Å². The quantitative estimate of drug-likeness (QED) is 0.680. The van der Waals surface area contributed by atoms with Crippen LogP contribution in [0, 0.1) is 17.8 Å². The van der Waals surface area contributed by atoms with Crippen molar-refractivity contribution in [3.63, 3.8) is 0 Å². The summed E-state index contributed by atoms with van der Waals surface area (Å²) in [5.74, 6) is 1.12. The van der Waals surface area contributed by atoms with Crippen LogP contribution in [-0.2, 0) is 14.8 Å². The van der Waals surface area contributed by atoms with Crippen LogP contribution in [0.15, 0.2) is 0 Å². The van der Waals surface area contributed by atoms with E-state index >= 15 is 0 Å². The normalized spacial score (nSPS) is 33.5. The van der Waals surface area contributed by atoms with Crippen molar-refractivity contribution >= 4 is 15.9 Å². The summed E-state index contributed by atoms with van der Waals surface area (Å²) in [6.07, 6.45) is 3.53. The van der Waals surface area contributed by atoms with E-state index in [1.807, 2.05) is 0 Å². The highest BCUT2D eigenvalue weighted by Crippen LogP contribution is 2.57. The molecule has 2 unspecified atom stereocenters. The minimum absolute atomic E-state index is 0.00773. The third kappa shape index (κ3) is 2.49. The number of hydrogen-bond donors (Lipinski definition) is 2. The standard InChI is InChI=1S/C9H16N2O3S/c10-15(13,14)5-4-11-9(12)8-6-2-1-3-7(6)8/h6-8H,1-5H2,(H,11,12)(H2,10,13,14). The number of sulfonamides is 1. The molecule has 0 aromatic rings. The fourth-order valence-electron chi connectivity index (χ4n) is 2.64.